The van der Waals surface area contributed by atoms with E-state index in [0.717, 1.165) is 29.9 Å². The normalized spacial score (nSPS) is 16.2. The third-order valence-electron chi connectivity index (χ3n) is 5.36. The van der Waals surface area contributed by atoms with Gasteiger partial charge in [0.15, 0.2) is 11.8 Å². The van der Waals surface area contributed by atoms with Gasteiger partial charge in [-0.25, -0.2) is 0 Å². The molecular weight excluding hydrogens is 342 g/mol. The number of carbonyl (C=O) groups is 2. The lowest BCUT2D eigenvalue weighted by Gasteiger charge is -2.34. The van der Waals surface area contributed by atoms with Gasteiger partial charge in [-0.1, -0.05) is 17.7 Å². The van der Waals surface area contributed by atoms with Crippen molar-refractivity contribution >= 4 is 17.5 Å². The standard InChI is InChI=1S/C21H27N3O3/c1-14-12-15(2)19(16(3)13-14)22-20(25)17(4)23-7-9-24(10-8-23)21(26)18-6-5-11-27-18/h5-6,11-13,17H,7-10H2,1-4H3,(H,22,25)/p+1/t17-/m0/s1. The number of anilines is 1. The molecule has 2 aromatic rings. The minimum absolute atomic E-state index is 0.0193. The maximum Gasteiger partial charge on any atom is 0.289 e. The molecule has 3 rings (SSSR count). The largest absolute Gasteiger partial charge is 0.459 e. The van der Waals surface area contributed by atoms with Crippen molar-refractivity contribution in [1.29, 1.82) is 0 Å². The minimum Gasteiger partial charge on any atom is -0.459 e. The lowest BCUT2D eigenvalue weighted by atomic mass is 10.0. The van der Waals surface area contributed by atoms with Gasteiger partial charge in [-0.2, -0.15) is 0 Å². The Kier molecular flexibility index (Phi) is 5.65. The second-order valence-corrected chi connectivity index (χ2v) is 7.41. The first kappa shape index (κ1) is 19.2. The fourth-order valence-corrected chi connectivity index (χ4v) is 3.78. The number of quaternary nitrogens is 1. The maximum absolute atomic E-state index is 12.8. The Bertz CT molecular complexity index is 798. The molecule has 2 N–H and O–H groups in total. The molecule has 27 heavy (non-hydrogen) atoms. The van der Waals surface area contributed by atoms with E-state index in [0.29, 0.717) is 18.8 Å². The van der Waals surface area contributed by atoms with E-state index in [1.807, 2.05) is 20.8 Å². The number of nitrogens with one attached hydrogen (secondary N) is 2. The Morgan fingerprint density at radius 2 is 1.78 bits per heavy atom. The molecule has 0 saturated carbocycles. The molecule has 2 amide bonds. The zero-order valence-corrected chi connectivity index (χ0v) is 16.5. The average molecular weight is 370 g/mol. The number of hydrogen-bond donors (Lipinski definition) is 2. The van der Waals surface area contributed by atoms with E-state index in [1.165, 1.54) is 16.7 Å². The van der Waals surface area contributed by atoms with Crippen molar-refractivity contribution in [3.8, 4) is 0 Å². The van der Waals surface area contributed by atoms with Gasteiger partial charge in [0.25, 0.3) is 11.8 Å². The molecule has 2 heterocycles. The molecule has 1 aromatic heterocycles. The van der Waals surface area contributed by atoms with Crippen LogP contribution in [-0.2, 0) is 4.79 Å². The summed E-state index contributed by atoms with van der Waals surface area (Å²) in [7, 11) is 0. The molecule has 0 bridgehead atoms. The van der Waals surface area contributed by atoms with Gasteiger partial charge in [0.05, 0.1) is 32.4 Å². The molecule has 144 valence electrons. The van der Waals surface area contributed by atoms with E-state index in [1.54, 1.807) is 17.0 Å². The smallest absolute Gasteiger partial charge is 0.289 e. The highest BCUT2D eigenvalue weighted by Crippen LogP contribution is 2.21. The number of piperazine rings is 1. The van der Waals surface area contributed by atoms with E-state index >= 15 is 0 Å². The van der Waals surface area contributed by atoms with Crippen LogP contribution in [0.15, 0.2) is 34.9 Å². The van der Waals surface area contributed by atoms with Crippen molar-refractivity contribution in [2.75, 3.05) is 31.5 Å². The second kappa shape index (κ2) is 7.96. The van der Waals surface area contributed by atoms with Gasteiger partial charge in [-0.05, 0) is 51.0 Å². The molecule has 0 aliphatic carbocycles. The molecule has 1 atom stereocenters. The summed E-state index contributed by atoms with van der Waals surface area (Å²) in [5, 5.41) is 3.10. The van der Waals surface area contributed by atoms with Crippen molar-refractivity contribution in [1.82, 2.24) is 4.90 Å². The van der Waals surface area contributed by atoms with E-state index in [-0.39, 0.29) is 17.9 Å². The first-order valence-electron chi connectivity index (χ1n) is 9.43. The van der Waals surface area contributed by atoms with Crippen LogP contribution in [0.4, 0.5) is 5.69 Å². The maximum atomic E-state index is 12.8. The van der Waals surface area contributed by atoms with Gasteiger partial charge in [-0.15, -0.1) is 0 Å². The zero-order chi connectivity index (χ0) is 19.6. The summed E-state index contributed by atoms with van der Waals surface area (Å²) < 4.78 is 5.20. The third kappa shape index (κ3) is 4.22. The first-order valence-corrected chi connectivity index (χ1v) is 9.43. The number of amides is 2. The molecule has 6 heteroatoms. The van der Waals surface area contributed by atoms with E-state index < -0.39 is 0 Å². The first-order chi connectivity index (χ1) is 12.9. The van der Waals surface area contributed by atoms with Gasteiger partial charge >= 0.3 is 0 Å². The Hall–Kier alpha value is -2.60. The predicted octanol–water partition coefficient (Wildman–Crippen LogP) is 1.57. The topological polar surface area (TPSA) is 67.0 Å². The molecule has 1 aliphatic rings. The van der Waals surface area contributed by atoms with Gasteiger partial charge < -0.3 is 19.5 Å². The van der Waals surface area contributed by atoms with Gasteiger partial charge in [0, 0.05) is 5.69 Å². The van der Waals surface area contributed by atoms with Crippen LogP contribution in [-0.4, -0.2) is 48.9 Å². The Labute approximate surface area is 160 Å². The second-order valence-electron chi connectivity index (χ2n) is 7.41. The molecule has 1 fully saturated rings. The summed E-state index contributed by atoms with van der Waals surface area (Å²) >= 11 is 0. The third-order valence-corrected chi connectivity index (χ3v) is 5.36. The van der Waals surface area contributed by atoms with Crippen LogP contribution in [0.2, 0.25) is 0 Å². The number of furan rings is 1. The molecule has 0 unspecified atom stereocenters. The lowest BCUT2D eigenvalue weighted by Crippen LogP contribution is -3.19. The Morgan fingerprint density at radius 3 is 2.33 bits per heavy atom. The van der Waals surface area contributed by atoms with Crippen LogP contribution >= 0.6 is 0 Å². The predicted molar refractivity (Wildman–Crippen MR) is 104 cm³/mol. The molecule has 0 spiro atoms. The van der Waals surface area contributed by atoms with Crippen molar-refractivity contribution in [2.24, 2.45) is 0 Å². The van der Waals surface area contributed by atoms with Crippen molar-refractivity contribution in [3.63, 3.8) is 0 Å². The zero-order valence-electron chi connectivity index (χ0n) is 16.5. The molecule has 1 aromatic carbocycles. The van der Waals surface area contributed by atoms with Crippen molar-refractivity contribution in [3.05, 3.63) is 53.0 Å². The summed E-state index contributed by atoms with van der Waals surface area (Å²) in [5.41, 5.74) is 4.26. The van der Waals surface area contributed by atoms with Crippen LogP contribution in [0.25, 0.3) is 0 Å². The van der Waals surface area contributed by atoms with E-state index in [2.05, 4.69) is 24.4 Å². The summed E-state index contributed by atoms with van der Waals surface area (Å²) in [6.45, 7) is 10.8. The van der Waals surface area contributed by atoms with Crippen LogP contribution < -0.4 is 10.2 Å². The van der Waals surface area contributed by atoms with E-state index in [4.69, 9.17) is 4.42 Å². The molecule has 1 saturated heterocycles. The molecule has 1 aliphatic heterocycles. The summed E-state index contributed by atoms with van der Waals surface area (Å²) in [5.74, 6) is 0.308. The highest BCUT2D eigenvalue weighted by Gasteiger charge is 2.32. The summed E-state index contributed by atoms with van der Waals surface area (Å²) in [6, 6.07) is 7.39. The molecule has 6 nitrogen and oxygen atoms in total. The Morgan fingerprint density at radius 1 is 1.15 bits per heavy atom. The summed E-state index contributed by atoms with van der Waals surface area (Å²) in [6.07, 6.45) is 1.51. The van der Waals surface area contributed by atoms with Gasteiger partial charge in [0.1, 0.15) is 0 Å². The fraction of sp³-hybridized carbons (Fsp3) is 0.429. The average Bonchev–Trinajstić information content (AvgIpc) is 3.18. The lowest BCUT2D eigenvalue weighted by molar-refractivity contribution is -0.917. The highest BCUT2D eigenvalue weighted by molar-refractivity contribution is 5.95. The highest BCUT2D eigenvalue weighted by atomic mass is 16.3. The van der Waals surface area contributed by atoms with Crippen LogP contribution in [0, 0.1) is 20.8 Å². The SMILES string of the molecule is Cc1cc(C)c(NC(=O)[C@H](C)[NH+]2CCN(C(=O)c3ccco3)CC2)c(C)c1. The Balaban J connectivity index is 1.58. The number of hydrogen-bond acceptors (Lipinski definition) is 3. The van der Waals surface area contributed by atoms with Gasteiger partial charge in [-0.3, -0.25) is 9.59 Å². The van der Waals surface area contributed by atoms with E-state index in [9.17, 15) is 9.59 Å². The molecule has 0 radical (unpaired) electrons. The number of carbonyl (C=O) groups excluding carboxylic acids is 2. The number of benzene rings is 1. The quantitative estimate of drug-likeness (QED) is 0.859. The summed E-state index contributed by atoms with van der Waals surface area (Å²) in [4.78, 5) is 28.1. The number of nitrogens with zero attached hydrogens (tertiary/aromatic N) is 1. The van der Waals surface area contributed by atoms with Gasteiger partial charge in [0.2, 0.25) is 0 Å². The number of rotatable bonds is 4. The van der Waals surface area contributed by atoms with Crippen molar-refractivity contribution in [2.45, 2.75) is 33.7 Å². The number of aryl methyl sites for hydroxylation is 3. The monoisotopic (exact) mass is 370 g/mol. The van der Waals surface area contributed by atoms with Crippen LogP contribution in [0.3, 0.4) is 0 Å². The fourth-order valence-electron chi connectivity index (χ4n) is 3.78. The molecular formula is C21H28N3O3+. The minimum atomic E-state index is -0.175. The van der Waals surface area contributed by atoms with Crippen molar-refractivity contribution < 1.29 is 18.9 Å². The van der Waals surface area contributed by atoms with Crippen LogP contribution in [0.5, 0.6) is 0 Å². The van der Waals surface area contributed by atoms with Crippen LogP contribution in [0.1, 0.15) is 34.2 Å².